The molecule has 0 aromatic heterocycles. The van der Waals surface area contributed by atoms with E-state index >= 15 is 0 Å². The summed E-state index contributed by atoms with van der Waals surface area (Å²) in [5.41, 5.74) is 3.84. The van der Waals surface area contributed by atoms with Gasteiger partial charge in [0.15, 0.2) is 0 Å². The highest BCUT2D eigenvalue weighted by Crippen LogP contribution is 2.35. The number of ether oxygens (including phenoxy) is 1. The van der Waals surface area contributed by atoms with E-state index < -0.39 is 40.2 Å². The van der Waals surface area contributed by atoms with Gasteiger partial charge in [-0.3, -0.25) is 4.79 Å². The molecule has 0 fully saturated rings. The summed E-state index contributed by atoms with van der Waals surface area (Å²) in [5, 5.41) is 11.4. The van der Waals surface area contributed by atoms with Gasteiger partial charge in [-0.1, -0.05) is 113 Å². The van der Waals surface area contributed by atoms with Crippen molar-refractivity contribution in [3.63, 3.8) is 0 Å². The summed E-state index contributed by atoms with van der Waals surface area (Å²) in [4.78, 5) is 14.1. The number of aliphatic hydroxyl groups excluding tert-OH is 1. The third-order valence-electron chi connectivity index (χ3n) is 9.54. The Hall–Kier alpha value is -3.00. The van der Waals surface area contributed by atoms with Crippen molar-refractivity contribution in [3.8, 4) is 0 Å². The van der Waals surface area contributed by atoms with Crippen LogP contribution >= 0.6 is 0 Å². The Morgan fingerprint density at radius 2 is 1.29 bits per heavy atom. The number of hydrogen-bond acceptors (Lipinski definition) is 5. The first-order chi connectivity index (χ1) is 22.5. The standard InChI is InChI=1S/C41H59NO5S/c1-27(2)21-28(3)22-29(4)23-31(6)38(43)34(9)41(44)47-39(37-19-15-12-16-20-37)35(10)42(26-36-17-13-11-14-18-36)48(45,46)40-32(7)24-30(5)25-33(40)8/h11-20,24-25,27-29,31,34-35,38-39,43H,21-23,26H2,1-10H3/t28-,29-,31-,34+,35-,38+,39-/m0/s1. The molecule has 0 aliphatic carbocycles. The van der Waals surface area contributed by atoms with Crippen molar-refractivity contribution in [1.29, 1.82) is 0 Å². The molecule has 0 unspecified atom stereocenters. The van der Waals surface area contributed by atoms with Crippen LogP contribution in [0.25, 0.3) is 0 Å². The van der Waals surface area contributed by atoms with Crippen LogP contribution in [0.15, 0.2) is 77.7 Å². The van der Waals surface area contributed by atoms with E-state index in [1.54, 1.807) is 13.8 Å². The van der Waals surface area contributed by atoms with Crippen LogP contribution in [0.3, 0.4) is 0 Å². The van der Waals surface area contributed by atoms with Crippen molar-refractivity contribution < 1.29 is 23.1 Å². The predicted octanol–water partition coefficient (Wildman–Crippen LogP) is 9.21. The summed E-state index contributed by atoms with van der Waals surface area (Å²) in [7, 11) is -4.05. The van der Waals surface area contributed by atoms with Gasteiger partial charge in [0.2, 0.25) is 10.0 Å². The van der Waals surface area contributed by atoms with Crippen molar-refractivity contribution in [2.45, 2.75) is 118 Å². The molecule has 3 aromatic rings. The Kier molecular flexibility index (Phi) is 14.5. The van der Waals surface area contributed by atoms with Crippen molar-refractivity contribution in [3.05, 3.63) is 101 Å². The molecule has 3 aromatic carbocycles. The first-order valence-corrected chi connectivity index (χ1v) is 19.0. The lowest BCUT2D eigenvalue weighted by Gasteiger charge is -2.35. The molecule has 264 valence electrons. The molecular formula is C41H59NO5S. The summed E-state index contributed by atoms with van der Waals surface area (Å²) >= 11 is 0. The van der Waals surface area contributed by atoms with Crippen molar-refractivity contribution in [1.82, 2.24) is 4.31 Å². The Balaban J connectivity index is 1.94. The van der Waals surface area contributed by atoms with E-state index in [4.69, 9.17) is 4.74 Å². The number of aliphatic hydroxyl groups is 1. The fraction of sp³-hybridized carbons (Fsp3) is 0.537. The molecule has 7 heteroatoms. The molecule has 0 amide bonds. The number of esters is 1. The highest BCUT2D eigenvalue weighted by atomic mass is 32.2. The normalized spacial score (nSPS) is 16.6. The largest absolute Gasteiger partial charge is 0.455 e. The molecule has 0 bridgehead atoms. The second-order valence-corrected chi connectivity index (χ2v) is 16.7. The fourth-order valence-electron chi connectivity index (χ4n) is 7.46. The average molecular weight is 678 g/mol. The number of aryl methyl sites for hydroxylation is 3. The number of carbonyl (C=O) groups is 1. The van der Waals surface area contributed by atoms with Gasteiger partial charge in [0.1, 0.15) is 6.10 Å². The quantitative estimate of drug-likeness (QED) is 0.144. The van der Waals surface area contributed by atoms with E-state index in [0.29, 0.717) is 34.4 Å². The van der Waals surface area contributed by atoms with Crippen LogP contribution in [0.4, 0.5) is 0 Å². The van der Waals surface area contributed by atoms with E-state index in [1.807, 2.05) is 100 Å². The Labute approximate surface area is 291 Å². The second kappa shape index (κ2) is 17.6. The topological polar surface area (TPSA) is 83.9 Å². The molecule has 0 radical (unpaired) electrons. The average Bonchev–Trinajstić information content (AvgIpc) is 3.00. The number of carbonyl (C=O) groups excluding carboxylic acids is 1. The second-order valence-electron chi connectivity index (χ2n) is 14.8. The van der Waals surface area contributed by atoms with Gasteiger partial charge in [-0.25, -0.2) is 8.42 Å². The maximum Gasteiger partial charge on any atom is 0.311 e. The molecule has 0 spiro atoms. The molecular weight excluding hydrogens is 619 g/mol. The van der Waals surface area contributed by atoms with E-state index in [-0.39, 0.29) is 17.4 Å². The molecule has 1 N–H and O–H groups in total. The lowest BCUT2D eigenvalue weighted by Crippen LogP contribution is -2.44. The predicted molar refractivity (Wildman–Crippen MR) is 196 cm³/mol. The van der Waals surface area contributed by atoms with Gasteiger partial charge in [-0.2, -0.15) is 4.31 Å². The lowest BCUT2D eigenvalue weighted by molar-refractivity contribution is -0.161. The summed E-state index contributed by atoms with van der Waals surface area (Å²) in [6.45, 7) is 20.2. The molecule has 0 aliphatic rings. The van der Waals surface area contributed by atoms with Gasteiger partial charge in [-0.15, -0.1) is 0 Å². The Morgan fingerprint density at radius 3 is 1.83 bits per heavy atom. The fourth-order valence-corrected chi connectivity index (χ4v) is 9.50. The van der Waals surface area contributed by atoms with Crippen LogP contribution in [0.1, 0.15) is 102 Å². The molecule has 0 heterocycles. The van der Waals surface area contributed by atoms with E-state index in [0.717, 1.165) is 24.0 Å². The first-order valence-electron chi connectivity index (χ1n) is 17.6. The number of hydrogen-bond donors (Lipinski definition) is 1. The van der Waals surface area contributed by atoms with Crippen molar-refractivity contribution >= 4 is 16.0 Å². The van der Waals surface area contributed by atoms with Crippen LogP contribution in [-0.2, 0) is 26.1 Å². The molecule has 0 saturated carbocycles. The minimum atomic E-state index is -4.05. The number of rotatable bonds is 17. The highest BCUT2D eigenvalue weighted by Gasteiger charge is 2.39. The number of sulfonamides is 1. The minimum Gasteiger partial charge on any atom is -0.455 e. The summed E-state index contributed by atoms with van der Waals surface area (Å²) in [6, 6.07) is 21.8. The Bertz CT molecular complexity index is 1530. The van der Waals surface area contributed by atoms with Crippen LogP contribution in [-0.4, -0.2) is 35.9 Å². The van der Waals surface area contributed by atoms with Gasteiger partial charge >= 0.3 is 5.97 Å². The van der Waals surface area contributed by atoms with Gasteiger partial charge in [0, 0.05) is 6.54 Å². The van der Waals surface area contributed by atoms with Gasteiger partial charge in [-0.05, 0) is 99.8 Å². The van der Waals surface area contributed by atoms with E-state index in [1.165, 1.54) is 10.7 Å². The van der Waals surface area contributed by atoms with Gasteiger partial charge in [0.05, 0.1) is 23.0 Å². The smallest absolute Gasteiger partial charge is 0.311 e. The van der Waals surface area contributed by atoms with Crippen LogP contribution in [0.5, 0.6) is 0 Å². The van der Waals surface area contributed by atoms with E-state index in [9.17, 15) is 18.3 Å². The molecule has 0 aliphatic heterocycles. The highest BCUT2D eigenvalue weighted by molar-refractivity contribution is 7.89. The minimum absolute atomic E-state index is 0.0975. The zero-order valence-electron chi connectivity index (χ0n) is 30.8. The van der Waals surface area contributed by atoms with Crippen molar-refractivity contribution in [2.75, 3.05) is 0 Å². The third kappa shape index (κ3) is 10.5. The molecule has 7 atom stereocenters. The zero-order chi connectivity index (χ0) is 35.8. The lowest BCUT2D eigenvalue weighted by atomic mass is 9.82. The third-order valence-corrected chi connectivity index (χ3v) is 11.8. The number of benzene rings is 3. The number of nitrogens with zero attached hydrogens (tertiary/aromatic N) is 1. The maximum atomic E-state index is 14.7. The van der Waals surface area contributed by atoms with Crippen LogP contribution < -0.4 is 0 Å². The summed E-state index contributed by atoms with van der Waals surface area (Å²) < 4.78 is 37.1. The van der Waals surface area contributed by atoms with Gasteiger partial charge < -0.3 is 9.84 Å². The summed E-state index contributed by atoms with van der Waals surface area (Å²) in [5.74, 6) is 0.212. The monoisotopic (exact) mass is 677 g/mol. The van der Waals surface area contributed by atoms with Gasteiger partial charge in [0.25, 0.3) is 0 Å². The maximum absolute atomic E-state index is 14.7. The molecule has 6 nitrogen and oxygen atoms in total. The first kappa shape index (κ1) is 39.4. The van der Waals surface area contributed by atoms with E-state index in [2.05, 4.69) is 27.7 Å². The van der Waals surface area contributed by atoms with Crippen molar-refractivity contribution in [2.24, 2.45) is 29.6 Å². The van der Waals surface area contributed by atoms with Crippen LogP contribution in [0, 0.1) is 50.4 Å². The van der Waals surface area contributed by atoms with Crippen LogP contribution in [0.2, 0.25) is 0 Å². The molecule has 0 saturated heterocycles. The zero-order valence-corrected chi connectivity index (χ0v) is 31.6. The molecule has 3 rings (SSSR count). The SMILES string of the molecule is Cc1cc(C)c(S(=O)(=O)N(Cc2ccccc2)[C@@H](C)[C@H](OC(=O)[C@H](C)[C@H](O)[C@@H](C)C[C@@H](C)C[C@@H](C)CC(C)C)c2ccccc2)c(C)c1. The molecule has 48 heavy (non-hydrogen) atoms. The summed E-state index contributed by atoms with van der Waals surface area (Å²) in [6.07, 6.45) is 1.24. The Morgan fingerprint density at radius 1 is 0.771 bits per heavy atom.